The summed E-state index contributed by atoms with van der Waals surface area (Å²) in [7, 11) is 0. The first-order valence-corrected chi connectivity index (χ1v) is 4.72. The standard InChI is InChI=1S/C9H8BrN3/c10-9-3-1-2-8(6-9)7-13-11-4-5-12-13/h1-6H,7H2. The Bertz CT molecular complexity index is 384. The second-order valence-corrected chi connectivity index (χ2v) is 3.61. The van der Waals surface area contributed by atoms with Gasteiger partial charge >= 0.3 is 0 Å². The highest BCUT2D eigenvalue weighted by atomic mass is 79.9. The molecule has 0 atom stereocenters. The van der Waals surface area contributed by atoms with Crippen molar-refractivity contribution in [2.45, 2.75) is 6.54 Å². The van der Waals surface area contributed by atoms with E-state index in [1.807, 2.05) is 18.2 Å². The summed E-state index contributed by atoms with van der Waals surface area (Å²) < 4.78 is 1.08. The van der Waals surface area contributed by atoms with Crippen molar-refractivity contribution in [3.8, 4) is 0 Å². The van der Waals surface area contributed by atoms with Crippen LogP contribution in [0, 0.1) is 0 Å². The lowest BCUT2D eigenvalue weighted by Gasteiger charge is -2.00. The Kier molecular flexibility index (Phi) is 2.40. The van der Waals surface area contributed by atoms with Crippen LogP contribution in [0.1, 0.15) is 5.56 Å². The smallest absolute Gasteiger partial charge is 0.0857 e. The Balaban J connectivity index is 2.19. The maximum atomic E-state index is 4.03. The van der Waals surface area contributed by atoms with Crippen LogP contribution in [0.25, 0.3) is 0 Å². The zero-order chi connectivity index (χ0) is 9.10. The molecule has 0 bridgehead atoms. The number of nitrogens with zero attached hydrogens (tertiary/aromatic N) is 3. The fourth-order valence-corrected chi connectivity index (χ4v) is 1.57. The molecule has 0 N–H and O–H groups in total. The molecule has 13 heavy (non-hydrogen) atoms. The predicted molar refractivity (Wildman–Crippen MR) is 53.3 cm³/mol. The first-order chi connectivity index (χ1) is 6.34. The Morgan fingerprint density at radius 3 is 2.69 bits per heavy atom. The lowest BCUT2D eigenvalue weighted by Crippen LogP contribution is -2.02. The summed E-state index contributed by atoms with van der Waals surface area (Å²) in [4.78, 5) is 1.65. The third kappa shape index (κ3) is 2.15. The molecule has 0 aliphatic heterocycles. The van der Waals surface area contributed by atoms with Crippen molar-refractivity contribution in [2.24, 2.45) is 0 Å². The summed E-state index contributed by atoms with van der Waals surface area (Å²) in [6, 6.07) is 8.11. The molecule has 2 aromatic rings. The highest BCUT2D eigenvalue weighted by Gasteiger charge is 1.95. The van der Waals surface area contributed by atoms with E-state index in [9.17, 15) is 0 Å². The molecule has 0 aliphatic carbocycles. The van der Waals surface area contributed by atoms with Crippen molar-refractivity contribution in [1.29, 1.82) is 0 Å². The van der Waals surface area contributed by atoms with Gasteiger partial charge in [0.2, 0.25) is 0 Å². The lowest BCUT2D eigenvalue weighted by atomic mass is 10.2. The summed E-state index contributed by atoms with van der Waals surface area (Å²) in [5, 5.41) is 8.06. The van der Waals surface area contributed by atoms with Gasteiger partial charge in [0.05, 0.1) is 18.9 Å². The Labute approximate surface area is 84.5 Å². The molecule has 0 fully saturated rings. The molecular weight excluding hydrogens is 230 g/mol. The third-order valence-electron chi connectivity index (χ3n) is 1.68. The molecule has 0 saturated carbocycles. The zero-order valence-corrected chi connectivity index (χ0v) is 8.48. The first-order valence-electron chi connectivity index (χ1n) is 3.93. The van der Waals surface area contributed by atoms with Gasteiger partial charge in [0.15, 0.2) is 0 Å². The van der Waals surface area contributed by atoms with Crippen molar-refractivity contribution >= 4 is 15.9 Å². The van der Waals surface area contributed by atoms with Gasteiger partial charge in [-0.1, -0.05) is 28.1 Å². The van der Waals surface area contributed by atoms with E-state index in [0.29, 0.717) is 6.54 Å². The first kappa shape index (κ1) is 8.44. The fraction of sp³-hybridized carbons (Fsp3) is 0.111. The van der Waals surface area contributed by atoms with E-state index in [1.165, 1.54) is 5.56 Å². The molecule has 0 aliphatic rings. The molecule has 0 saturated heterocycles. The van der Waals surface area contributed by atoms with Gasteiger partial charge < -0.3 is 0 Å². The molecule has 0 spiro atoms. The lowest BCUT2D eigenvalue weighted by molar-refractivity contribution is 0.591. The average molecular weight is 238 g/mol. The molecule has 2 rings (SSSR count). The molecule has 3 nitrogen and oxygen atoms in total. The summed E-state index contributed by atoms with van der Waals surface area (Å²) in [5.74, 6) is 0. The monoisotopic (exact) mass is 237 g/mol. The van der Waals surface area contributed by atoms with E-state index < -0.39 is 0 Å². The van der Waals surface area contributed by atoms with Gasteiger partial charge in [0.1, 0.15) is 0 Å². The highest BCUT2D eigenvalue weighted by Crippen LogP contribution is 2.11. The minimum absolute atomic E-state index is 0.715. The molecule has 66 valence electrons. The summed E-state index contributed by atoms with van der Waals surface area (Å²) in [6.07, 6.45) is 3.36. The van der Waals surface area contributed by atoms with E-state index in [-0.39, 0.29) is 0 Å². The van der Waals surface area contributed by atoms with Crippen LogP contribution in [-0.2, 0) is 6.54 Å². The van der Waals surface area contributed by atoms with Crippen molar-refractivity contribution in [2.75, 3.05) is 0 Å². The maximum Gasteiger partial charge on any atom is 0.0857 e. The SMILES string of the molecule is Brc1cccc(Cn2nccn2)c1. The molecule has 0 amide bonds. The van der Waals surface area contributed by atoms with Crippen LogP contribution in [0.5, 0.6) is 0 Å². The van der Waals surface area contributed by atoms with Crippen molar-refractivity contribution < 1.29 is 0 Å². The summed E-state index contributed by atoms with van der Waals surface area (Å²) in [5.41, 5.74) is 1.19. The number of aromatic nitrogens is 3. The number of benzene rings is 1. The van der Waals surface area contributed by atoms with E-state index in [2.05, 4.69) is 32.2 Å². The topological polar surface area (TPSA) is 30.7 Å². The molecule has 0 radical (unpaired) electrons. The zero-order valence-electron chi connectivity index (χ0n) is 6.89. The Morgan fingerprint density at radius 2 is 2.00 bits per heavy atom. The second-order valence-electron chi connectivity index (χ2n) is 2.69. The van der Waals surface area contributed by atoms with Crippen molar-refractivity contribution in [3.63, 3.8) is 0 Å². The van der Waals surface area contributed by atoms with Gasteiger partial charge in [0, 0.05) is 4.47 Å². The highest BCUT2D eigenvalue weighted by molar-refractivity contribution is 9.10. The van der Waals surface area contributed by atoms with Gasteiger partial charge in [-0.25, -0.2) is 0 Å². The molecule has 4 heteroatoms. The number of halogens is 1. The molecule has 1 aromatic heterocycles. The van der Waals surface area contributed by atoms with E-state index in [0.717, 1.165) is 4.47 Å². The fourth-order valence-electron chi connectivity index (χ4n) is 1.12. The van der Waals surface area contributed by atoms with E-state index >= 15 is 0 Å². The number of rotatable bonds is 2. The van der Waals surface area contributed by atoms with Gasteiger partial charge in [-0.2, -0.15) is 15.0 Å². The van der Waals surface area contributed by atoms with Crippen LogP contribution in [0.3, 0.4) is 0 Å². The summed E-state index contributed by atoms with van der Waals surface area (Å²) >= 11 is 3.42. The van der Waals surface area contributed by atoms with Gasteiger partial charge in [0.25, 0.3) is 0 Å². The summed E-state index contributed by atoms with van der Waals surface area (Å²) in [6.45, 7) is 0.715. The van der Waals surface area contributed by atoms with Crippen LogP contribution >= 0.6 is 15.9 Å². The normalized spacial score (nSPS) is 10.2. The molecular formula is C9H8BrN3. The minimum Gasteiger partial charge on any atom is -0.180 e. The predicted octanol–water partition coefficient (Wildman–Crippen LogP) is 2.09. The molecule has 1 aromatic carbocycles. The Hall–Kier alpha value is -1.16. The van der Waals surface area contributed by atoms with Gasteiger partial charge in [-0.05, 0) is 17.7 Å². The van der Waals surface area contributed by atoms with Crippen LogP contribution in [0.4, 0.5) is 0 Å². The van der Waals surface area contributed by atoms with Crippen LogP contribution < -0.4 is 0 Å². The van der Waals surface area contributed by atoms with E-state index in [4.69, 9.17) is 0 Å². The van der Waals surface area contributed by atoms with E-state index in [1.54, 1.807) is 17.2 Å². The van der Waals surface area contributed by atoms with Crippen LogP contribution in [0.2, 0.25) is 0 Å². The average Bonchev–Trinajstić information content (AvgIpc) is 2.57. The van der Waals surface area contributed by atoms with Crippen LogP contribution in [0.15, 0.2) is 41.1 Å². The molecule has 0 unspecified atom stereocenters. The number of hydrogen-bond acceptors (Lipinski definition) is 2. The minimum atomic E-state index is 0.715. The largest absolute Gasteiger partial charge is 0.180 e. The maximum absolute atomic E-state index is 4.03. The van der Waals surface area contributed by atoms with Crippen molar-refractivity contribution in [3.05, 3.63) is 46.7 Å². The van der Waals surface area contributed by atoms with Crippen molar-refractivity contribution in [1.82, 2.24) is 15.0 Å². The van der Waals surface area contributed by atoms with Gasteiger partial charge in [-0.15, -0.1) is 0 Å². The third-order valence-corrected chi connectivity index (χ3v) is 2.17. The quantitative estimate of drug-likeness (QED) is 0.801. The number of hydrogen-bond donors (Lipinski definition) is 0. The van der Waals surface area contributed by atoms with Gasteiger partial charge in [-0.3, -0.25) is 0 Å². The second kappa shape index (κ2) is 3.70. The van der Waals surface area contributed by atoms with Crippen LogP contribution in [-0.4, -0.2) is 15.0 Å². The molecule has 1 heterocycles. The Morgan fingerprint density at radius 1 is 1.23 bits per heavy atom.